The molecular weight excluding hydrogens is 350 g/mol. The minimum absolute atomic E-state index is 0.0504. The molecule has 1 fully saturated rings. The highest BCUT2D eigenvalue weighted by molar-refractivity contribution is 7.91. The largest absolute Gasteiger partial charge is 0.335 e. The molecule has 9 heteroatoms. The van der Waals surface area contributed by atoms with E-state index in [0.29, 0.717) is 18.8 Å². The van der Waals surface area contributed by atoms with Gasteiger partial charge in [-0.15, -0.1) is 11.3 Å². The Morgan fingerprint density at radius 1 is 1.50 bits per heavy atom. The third kappa shape index (κ3) is 3.27. The van der Waals surface area contributed by atoms with Gasteiger partial charge in [0.25, 0.3) is 11.5 Å². The molecule has 1 aliphatic rings. The Kier molecular flexibility index (Phi) is 4.55. The predicted molar refractivity (Wildman–Crippen MR) is 91.9 cm³/mol. The van der Waals surface area contributed by atoms with Crippen molar-refractivity contribution in [2.75, 3.05) is 18.1 Å². The molecule has 0 radical (unpaired) electrons. The van der Waals surface area contributed by atoms with Gasteiger partial charge in [0.15, 0.2) is 9.84 Å². The average Bonchev–Trinajstić information content (AvgIpc) is 3.17. The lowest BCUT2D eigenvalue weighted by molar-refractivity contribution is 0.0706. The molecule has 3 heterocycles. The molecule has 1 N–H and O–H groups in total. The lowest BCUT2D eigenvalue weighted by Gasteiger charge is -2.26. The number of hydrogen-bond donors (Lipinski definition) is 1. The number of thiophene rings is 1. The Bertz CT molecular complexity index is 903. The number of aromatic amines is 1. The van der Waals surface area contributed by atoms with Crippen LogP contribution in [0.25, 0.3) is 10.7 Å². The lowest BCUT2D eigenvalue weighted by atomic mass is 10.2. The first kappa shape index (κ1) is 16.8. The monoisotopic (exact) mass is 367 g/mol. The molecule has 1 unspecified atom stereocenters. The van der Waals surface area contributed by atoms with Gasteiger partial charge in [0, 0.05) is 18.8 Å². The fraction of sp³-hybridized carbons (Fsp3) is 0.400. The summed E-state index contributed by atoms with van der Waals surface area (Å²) >= 11 is 1.44. The molecule has 0 saturated carbocycles. The predicted octanol–water partition coefficient (Wildman–Crippen LogP) is 1.15. The van der Waals surface area contributed by atoms with E-state index in [1.54, 1.807) is 6.92 Å². The molecule has 7 nitrogen and oxygen atoms in total. The van der Waals surface area contributed by atoms with Gasteiger partial charge in [0.2, 0.25) is 0 Å². The summed E-state index contributed by atoms with van der Waals surface area (Å²) in [6.45, 7) is 2.11. The smallest absolute Gasteiger partial charge is 0.264 e. The maximum atomic E-state index is 12.7. The van der Waals surface area contributed by atoms with Gasteiger partial charge in [-0.2, -0.15) is 0 Å². The summed E-state index contributed by atoms with van der Waals surface area (Å²) in [6, 6.07) is 3.29. The van der Waals surface area contributed by atoms with Crippen LogP contribution in [0.15, 0.2) is 28.5 Å². The van der Waals surface area contributed by atoms with Gasteiger partial charge in [-0.05, 0) is 24.8 Å². The van der Waals surface area contributed by atoms with E-state index >= 15 is 0 Å². The van der Waals surface area contributed by atoms with Crippen LogP contribution in [0.2, 0.25) is 0 Å². The van der Waals surface area contributed by atoms with Crippen LogP contribution in [-0.4, -0.2) is 53.3 Å². The van der Waals surface area contributed by atoms with Crippen LogP contribution in [0.5, 0.6) is 0 Å². The summed E-state index contributed by atoms with van der Waals surface area (Å²) in [4.78, 5) is 34.0. The van der Waals surface area contributed by atoms with Crippen molar-refractivity contribution in [2.45, 2.75) is 19.4 Å². The molecule has 0 bridgehead atoms. The number of nitrogens with zero attached hydrogens (tertiary/aromatic N) is 2. The highest BCUT2D eigenvalue weighted by Crippen LogP contribution is 2.21. The standard InChI is InChI=1S/C15H17N3O4S2/c1-2-18(10-5-7-24(21,22)9-10)15(20)11-8-16-13(17-14(11)19)12-4-3-6-23-12/h3-4,6,8,10H,2,5,7,9H2,1H3,(H,16,17,19). The molecule has 0 aliphatic carbocycles. The van der Waals surface area contributed by atoms with Crippen LogP contribution in [0.4, 0.5) is 0 Å². The number of aromatic nitrogens is 2. The minimum atomic E-state index is -3.11. The molecule has 1 saturated heterocycles. The minimum Gasteiger partial charge on any atom is -0.335 e. The van der Waals surface area contributed by atoms with Crippen LogP contribution in [0.1, 0.15) is 23.7 Å². The summed E-state index contributed by atoms with van der Waals surface area (Å²) in [6.07, 6.45) is 1.67. The molecule has 0 aromatic carbocycles. The number of sulfone groups is 1. The zero-order valence-corrected chi connectivity index (χ0v) is 14.7. The van der Waals surface area contributed by atoms with E-state index in [1.165, 1.54) is 22.4 Å². The molecule has 1 aliphatic heterocycles. The zero-order valence-electron chi connectivity index (χ0n) is 13.1. The fourth-order valence-corrected chi connectivity index (χ4v) is 5.24. The summed E-state index contributed by atoms with van der Waals surface area (Å²) < 4.78 is 23.3. The number of carbonyl (C=O) groups excluding carboxylic acids is 1. The Hall–Kier alpha value is -2.00. The van der Waals surface area contributed by atoms with Crippen molar-refractivity contribution in [1.29, 1.82) is 0 Å². The van der Waals surface area contributed by atoms with Crippen LogP contribution < -0.4 is 5.56 Å². The topological polar surface area (TPSA) is 100 Å². The van der Waals surface area contributed by atoms with Crippen LogP contribution >= 0.6 is 11.3 Å². The van der Waals surface area contributed by atoms with Gasteiger partial charge < -0.3 is 9.88 Å². The summed E-state index contributed by atoms with van der Waals surface area (Å²) in [7, 11) is -3.11. The molecule has 0 spiro atoms. The van der Waals surface area contributed by atoms with Crippen molar-refractivity contribution in [3.05, 3.63) is 39.6 Å². The van der Waals surface area contributed by atoms with Crippen molar-refractivity contribution in [3.63, 3.8) is 0 Å². The maximum Gasteiger partial charge on any atom is 0.264 e. The fourth-order valence-electron chi connectivity index (χ4n) is 2.83. The van der Waals surface area contributed by atoms with Gasteiger partial charge >= 0.3 is 0 Å². The first-order chi connectivity index (χ1) is 11.4. The third-order valence-corrected chi connectivity index (χ3v) is 6.66. The number of H-pyrrole nitrogens is 1. The van der Waals surface area contributed by atoms with Gasteiger partial charge in [-0.1, -0.05) is 6.07 Å². The first-order valence-electron chi connectivity index (χ1n) is 7.56. The SMILES string of the molecule is CCN(C(=O)c1cnc(-c2cccs2)[nH]c1=O)C1CCS(=O)(=O)C1. The Balaban J connectivity index is 1.87. The van der Waals surface area contributed by atoms with Crippen molar-refractivity contribution in [1.82, 2.24) is 14.9 Å². The Morgan fingerprint density at radius 3 is 2.83 bits per heavy atom. The molecule has 3 rings (SSSR count). The van der Waals surface area contributed by atoms with E-state index in [2.05, 4.69) is 9.97 Å². The first-order valence-corrected chi connectivity index (χ1v) is 10.3. The number of carbonyl (C=O) groups is 1. The second-order valence-corrected chi connectivity index (χ2v) is 8.78. The van der Waals surface area contributed by atoms with Crippen LogP contribution in [0.3, 0.4) is 0 Å². The van der Waals surface area contributed by atoms with E-state index in [-0.39, 0.29) is 23.1 Å². The molecule has 2 aromatic rings. The van der Waals surface area contributed by atoms with Crippen molar-refractivity contribution in [3.8, 4) is 10.7 Å². The number of hydrogen-bond acceptors (Lipinski definition) is 6. The Labute approximate surface area is 143 Å². The van der Waals surface area contributed by atoms with Crippen LogP contribution in [0, 0.1) is 0 Å². The summed E-state index contributed by atoms with van der Waals surface area (Å²) in [5.74, 6) is -0.0393. The van der Waals surface area contributed by atoms with Gasteiger partial charge in [-0.25, -0.2) is 13.4 Å². The zero-order chi connectivity index (χ0) is 17.3. The average molecular weight is 367 g/mol. The molecule has 1 amide bonds. The quantitative estimate of drug-likeness (QED) is 0.874. The van der Waals surface area contributed by atoms with Gasteiger partial charge in [0.05, 0.1) is 16.4 Å². The van der Waals surface area contributed by atoms with Crippen molar-refractivity contribution >= 4 is 27.1 Å². The summed E-state index contributed by atoms with van der Waals surface area (Å²) in [5, 5.41) is 1.87. The lowest BCUT2D eigenvalue weighted by Crippen LogP contribution is -2.43. The molecule has 24 heavy (non-hydrogen) atoms. The van der Waals surface area contributed by atoms with E-state index in [0.717, 1.165) is 4.88 Å². The molecule has 128 valence electrons. The normalized spacial score (nSPS) is 19.3. The van der Waals surface area contributed by atoms with E-state index in [4.69, 9.17) is 0 Å². The molecular formula is C15H17N3O4S2. The molecule has 2 aromatic heterocycles. The highest BCUT2D eigenvalue weighted by Gasteiger charge is 2.35. The number of rotatable bonds is 4. The van der Waals surface area contributed by atoms with Crippen molar-refractivity contribution < 1.29 is 13.2 Å². The van der Waals surface area contributed by atoms with Gasteiger partial charge in [0.1, 0.15) is 11.4 Å². The van der Waals surface area contributed by atoms with Gasteiger partial charge in [-0.3, -0.25) is 9.59 Å². The van der Waals surface area contributed by atoms with Crippen LogP contribution in [-0.2, 0) is 9.84 Å². The third-order valence-electron chi connectivity index (χ3n) is 4.04. The highest BCUT2D eigenvalue weighted by atomic mass is 32.2. The second kappa shape index (κ2) is 6.48. The Morgan fingerprint density at radius 2 is 2.29 bits per heavy atom. The number of amides is 1. The molecule has 1 atom stereocenters. The second-order valence-electron chi connectivity index (χ2n) is 5.60. The number of nitrogens with one attached hydrogen (secondary N) is 1. The van der Waals surface area contributed by atoms with E-state index < -0.39 is 21.3 Å². The van der Waals surface area contributed by atoms with Crippen molar-refractivity contribution in [2.24, 2.45) is 0 Å². The van der Waals surface area contributed by atoms with E-state index in [1.807, 2.05) is 17.5 Å². The maximum absolute atomic E-state index is 12.7. The van der Waals surface area contributed by atoms with E-state index in [9.17, 15) is 18.0 Å². The summed E-state index contributed by atoms with van der Waals surface area (Å²) in [5.41, 5.74) is -0.584.